The number of rotatable bonds is 7. The molecule has 0 aliphatic rings. The molecule has 0 aromatic heterocycles. The van der Waals surface area contributed by atoms with Crippen molar-refractivity contribution in [1.29, 1.82) is 0 Å². The highest BCUT2D eigenvalue weighted by molar-refractivity contribution is 7.92. The first-order valence-corrected chi connectivity index (χ1v) is 10.3. The average molecular weight is 395 g/mol. The van der Waals surface area contributed by atoms with E-state index in [1.165, 1.54) is 18.2 Å². The minimum Gasteiger partial charge on any atom is -0.350 e. The molecule has 0 aliphatic carbocycles. The maximum atomic E-state index is 12.7. The van der Waals surface area contributed by atoms with Crippen molar-refractivity contribution in [1.82, 2.24) is 5.32 Å². The van der Waals surface area contributed by atoms with Gasteiger partial charge < -0.3 is 5.32 Å². The van der Waals surface area contributed by atoms with E-state index in [-0.39, 0.29) is 27.4 Å². The Balaban J connectivity index is 2.27. The zero-order chi connectivity index (χ0) is 19.3. The Hall–Kier alpha value is -2.05. The zero-order valence-electron chi connectivity index (χ0n) is 15.0. The average Bonchev–Trinajstić information content (AvgIpc) is 2.57. The van der Waals surface area contributed by atoms with Crippen LogP contribution in [0.4, 0.5) is 5.69 Å². The van der Waals surface area contributed by atoms with Crippen LogP contribution in [0.2, 0.25) is 5.02 Å². The van der Waals surface area contributed by atoms with Crippen LogP contribution in [0.1, 0.15) is 42.6 Å². The smallest absolute Gasteiger partial charge is 0.263 e. The number of halogens is 1. The fourth-order valence-corrected chi connectivity index (χ4v) is 4.08. The number of carbonyl (C=O) groups is 1. The van der Waals surface area contributed by atoms with Crippen LogP contribution in [-0.2, 0) is 10.0 Å². The molecular formula is C19H23ClN2O3S. The molecule has 0 spiro atoms. The summed E-state index contributed by atoms with van der Waals surface area (Å²) < 4.78 is 27.8. The Labute approximate surface area is 159 Å². The fourth-order valence-electron chi connectivity index (χ4n) is 2.49. The second kappa shape index (κ2) is 8.56. The Morgan fingerprint density at radius 3 is 2.42 bits per heavy atom. The van der Waals surface area contributed by atoms with Gasteiger partial charge in [-0.1, -0.05) is 42.6 Å². The number of hydrogen-bond donors (Lipinski definition) is 2. The summed E-state index contributed by atoms with van der Waals surface area (Å²) in [6, 6.07) is 11.2. The quantitative estimate of drug-likeness (QED) is 0.732. The van der Waals surface area contributed by atoms with Gasteiger partial charge in [0.2, 0.25) is 0 Å². The molecule has 5 nitrogen and oxygen atoms in total. The van der Waals surface area contributed by atoms with E-state index >= 15 is 0 Å². The van der Waals surface area contributed by atoms with Crippen LogP contribution in [0, 0.1) is 6.92 Å². The summed E-state index contributed by atoms with van der Waals surface area (Å²) in [5.41, 5.74) is 1.70. The zero-order valence-corrected chi connectivity index (χ0v) is 16.6. The lowest BCUT2D eigenvalue weighted by Crippen LogP contribution is -2.32. The van der Waals surface area contributed by atoms with Crippen LogP contribution in [0.15, 0.2) is 47.4 Å². The van der Waals surface area contributed by atoms with Gasteiger partial charge in [0.15, 0.2) is 0 Å². The molecule has 0 saturated carbocycles. The topological polar surface area (TPSA) is 75.3 Å². The molecule has 0 fully saturated rings. The number of sulfonamides is 1. The maximum absolute atomic E-state index is 12.7. The number of aryl methyl sites for hydroxylation is 1. The van der Waals surface area contributed by atoms with Crippen LogP contribution in [-0.4, -0.2) is 20.4 Å². The van der Waals surface area contributed by atoms with Gasteiger partial charge in [0.25, 0.3) is 15.9 Å². The van der Waals surface area contributed by atoms with Crippen molar-refractivity contribution in [2.24, 2.45) is 0 Å². The summed E-state index contributed by atoms with van der Waals surface area (Å²) in [5.74, 6) is -0.325. The van der Waals surface area contributed by atoms with E-state index in [4.69, 9.17) is 11.6 Å². The van der Waals surface area contributed by atoms with Crippen LogP contribution < -0.4 is 10.0 Å². The number of anilines is 1. The molecule has 26 heavy (non-hydrogen) atoms. The minimum atomic E-state index is -3.91. The molecule has 7 heteroatoms. The molecule has 1 amide bonds. The summed E-state index contributed by atoms with van der Waals surface area (Å²) in [4.78, 5) is 12.2. The second-order valence-corrected chi connectivity index (χ2v) is 8.34. The van der Waals surface area contributed by atoms with Crippen molar-refractivity contribution in [3.8, 4) is 0 Å². The molecule has 0 saturated heterocycles. The molecule has 0 aliphatic heterocycles. The van der Waals surface area contributed by atoms with Gasteiger partial charge in [0.1, 0.15) is 4.90 Å². The number of hydrogen-bond acceptors (Lipinski definition) is 3. The van der Waals surface area contributed by atoms with E-state index < -0.39 is 10.0 Å². The van der Waals surface area contributed by atoms with Gasteiger partial charge in [-0.2, -0.15) is 0 Å². The first-order chi connectivity index (χ1) is 12.2. The predicted octanol–water partition coefficient (Wildman–Crippen LogP) is 4.37. The molecule has 2 rings (SSSR count). The first-order valence-electron chi connectivity index (χ1n) is 8.43. The van der Waals surface area contributed by atoms with Crippen molar-refractivity contribution in [3.05, 3.63) is 58.6 Å². The molecular weight excluding hydrogens is 372 g/mol. The summed E-state index contributed by atoms with van der Waals surface area (Å²) in [5, 5.41) is 2.91. The van der Waals surface area contributed by atoms with E-state index in [2.05, 4.69) is 10.0 Å². The van der Waals surface area contributed by atoms with Crippen molar-refractivity contribution in [2.75, 3.05) is 4.72 Å². The Morgan fingerprint density at radius 2 is 1.81 bits per heavy atom. The number of nitrogens with one attached hydrogen (secondary N) is 2. The van der Waals surface area contributed by atoms with Gasteiger partial charge in [-0.05, 0) is 50.6 Å². The van der Waals surface area contributed by atoms with E-state index in [1.807, 2.05) is 20.8 Å². The number of benzene rings is 2. The molecule has 2 aromatic rings. The van der Waals surface area contributed by atoms with Gasteiger partial charge >= 0.3 is 0 Å². The summed E-state index contributed by atoms with van der Waals surface area (Å²) in [7, 11) is -3.91. The third-order valence-corrected chi connectivity index (χ3v) is 5.75. The van der Waals surface area contributed by atoms with Crippen molar-refractivity contribution in [3.63, 3.8) is 0 Å². The summed E-state index contributed by atoms with van der Waals surface area (Å²) in [6.07, 6.45) is 1.79. The Morgan fingerprint density at radius 1 is 1.15 bits per heavy atom. The maximum Gasteiger partial charge on any atom is 0.263 e. The standard InChI is InChI=1S/C19H23ClN2O3S/c1-4-5-14(3)21-19(23)15-8-11-17(20)18(12-15)26(24,25)22-16-9-6-13(2)7-10-16/h6-12,14,22H,4-5H2,1-3H3,(H,21,23)/t14-/m1/s1. The molecule has 1 atom stereocenters. The molecule has 0 bridgehead atoms. The third kappa shape index (κ3) is 5.22. The van der Waals surface area contributed by atoms with Gasteiger partial charge in [-0.15, -0.1) is 0 Å². The number of amides is 1. The SMILES string of the molecule is CCC[C@@H](C)NC(=O)c1ccc(Cl)c(S(=O)(=O)Nc2ccc(C)cc2)c1. The third-order valence-electron chi connectivity index (χ3n) is 3.89. The minimum absolute atomic E-state index is 0.00826. The monoisotopic (exact) mass is 394 g/mol. The second-order valence-electron chi connectivity index (χ2n) is 6.28. The molecule has 2 aromatic carbocycles. The van der Waals surface area contributed by atoms with Crippen LogP contribution in [0.5, 0.6) is 0 Å². The normalized spacial score (nSPS) is 12.5. The highest BCUT2D eigenvalue weighted by Crippen LogP contribution is 2.25. The lowest BCUT2D eigenvalue weighted by molar-refractivity contribution is 0.0938. The summed E-state index contributed by atoms with van der Waals surface area (Å²) >= 11 is 6.08. The fraction of sp³-hybridized carbons (Fsp3) is 0.316. The molecule has 0 radical (unpaired) electrons. The van der Waals surface area contributed by atoms with Gasteiger partial charge in [0, 0.05) is 17.3 Å². The number of carbonyl (C=O) groups excluding carboxylic acids is 1. The first kappa shape index (κ1) is 20.3. The largest absolute Gasteiger partial charge is 0.350 e. The lowest BCUT2D eigenvalue weighted by atomic mass is 10.1. The molecule has 140 valence electrons. The molecule has 0 unspecified atom stereocenters. The van der Waals surface area contributed by atoms with Gasteiger partial charge in [-0.25, -0.2) is 8.42 Å². The molecule has 0 heterocycles. The molecule has 2 N–H and O–H groups in total. The predicted molar refractivity (Wildman–Crippen MR) is 105 cm³/mol. The van der Waals surface area contributed by atoms with Crippen LogP contribution >= 0.6 is 11.6 Å². The van der Waals surface area contributed by atoms with Crippen LogP contribution in [0.3, 0.4) is 0 Å². The van der Waals surface area contributed by atoms with Crippen molar-refractivity contribution in [2.45, 2.75) is 44.6 Å². The van der Waals surface area contributed by atoms with Gasteiger partial charge in [-0.3, -0.25) is 9.52 Å². The Kier molecular flexibility index (Phi) is 6.67. The lowest BCUT2D eigenvalue weighted by Gasteiger charge is -2.14. The van der Waals surface area contributed by atoms with E-state index in [0.29, 0.717) is 5.69 Å². The van der Waals surface area contributed by atoms with E-state index in [1.54, 1.807) is 24.3 Å². The van der Waals surface area contributed by atoms with Crippen molar-refractivity contribution < 1.29 is 13.2 Å². The highest BCUT2D eigenvalue weighted by Gasteiger charge is 2.21. The van der Waals surface area contributed by atoms with Gasteiger partial charge in [0.05, 0.1) is 5.02 Å². The Bertz CT molecular complexity index is 880. The van der Waals surface area contributed by atoms with E-state index in [9.17, 15) is 13.2 Å². The van der Waals surface area contributed by atoms with Crippen molar-refractivity contribution >= 4 is 33.2 Å². The van der Waals surface area contributed by atoms with E-state index in [0.717, 1.165) is 18.4 Å². The van der Waals surface area contributed by atoms with Crippen LogP contribution in [0.25, 0.3) is 0 Å². The highest BCUT2D eigenvalue weighted by atomic mass is 35.5. The summed E-state index contributed by atoms with van der Waals surface area (Å²) in [6.45, 7) is 5.86.